The van der Waals surface area contributed by atoms with Crippen LogP contribution in [0, 0.1) is 0 Å². The van der Waals surface area contributed by atoms with Crippen LogP contribution in [0.5, 0.6) is 0 Å². The van der Waals surface area contributed by atoms with Crippen molar-refractivity contribution in [3.05, 3.63) is 18.5 Å². The maximum absolute atomic E-state index is 4.34. The third-order valence-corrected chi connectivity index (χ3v) is 5.09. The molecule has 4 nitrogen and oxygen atoms in total. The summed E-state index contributed by atoms with van der Waals surface area (Å²) >= 11 is 0. The van der Waals surface area contributed by atoms with Gasteiger partial charge in [-0.15, -0.1) is 0 Å². The first-order chi connectivity index (χ1) is 9.81. The highest BCUT2D eigenvalue weighted by Gasteiger charge is 2.40. The van der Waals surface area contributed by atoms with Gasteiger partial charge in [0.25, 0.3) is 0 Å². The number of hydrogen-bond acceptors (Lipinski definition) is 3. The lowest BCUT2D eigenvalue weighted by molar-refractivity contribution is 0.0715. The molecule has 1 unspecified atom stereocenters. The summed E-state index contributed by atoms with van der Waals surface area (Å²) in [5.74, 6) is 0. The molecule has 1 spiro atoms. The summed E-state index contributed by atoms with van der Waals surface area (Å²) in [6, 6.07) is 2.72. The van der Waals surface area contributed by atoms with Crippen molar-refractivity contribution in [1.29, 1.82) is 0 Å². The van der Waals surface area contributed by atoms with Gasteiger partial charge >= 0.3 is 0 Å². The van der Waals surface area contributed by atoms with Gasteiger partial charge in [-0.25, -0.2) is 0 Å². The molecule has 4 heteroatoms. The lowest BCUT2D eigenvalue weighted by atomic mass is 9.91. The summed E-state index contributed by atoms with van der Waals surface area (Å²) in [6.07, 6.45) is 12.1. The van der Waals surface area contributed by atoms with Crippen LogP contribution < -0.4 is 5.32 Å². The fourth-order valence-electron chi connectivity index (χ4n) is 3.97. The van der Waals surface area contributed by atoms with Gasteiger partial charge in [-0.2, -0.15) is 5.10 Å². The molecule has 2 heterocycles. The first-order valence-corrected chi connectivity index (χ1v) is 8.28. The predicted octanol–water partition coefficient (Wildman–Crippen LogP) is 2.27. The first-order valence-electron chi connectivity index (χ1n) is 8.28. The first kappa shape index (κ1) is 14.1. The molecule has 1 N–H and O–H groups in total. The molecule has 1 atom stereocenters. The third kappa shape index (κ3) is 3.07. The maximum atomic E-state index is 4.34. The topological polar surface area (TPSA) is 33.1 Å². The molecule has 2 fully saturated rings. The van der Waals surface area contributed by atoms with Crippen LogP contribution in [0.25, 0.3) is 0 Å². The third-order valence-electron chi connectivity index (χ3n) is 5.09. The van der Waals surface area contributed by atoms with E-state index in [-0.39, 0.29) is 0 Å². The summed E-state index contributed by atoms with van der Waals surface area (Å²) in [5, 5.41) is 8.22. The fourth-order valence-corrected chi connectivity index (χ4v) is 3.97. The molecule has 1 aromatic rings. The van der Waals surface area contributed by atoms with E-state index in [1.54, 1.807) is 0 Å². The van der Waals surface area contributed by atoms with Crippen LogP contribution in [0.2, 0.25) is 0 Å². The van der Waals surface area contributed by atoms with Crippen LogP contribution in [0.4, 0.5) is 0 Å². The quantitative estimate of drug-likeness (QED) is 0.895. The zero-order chi connectivity index (χ0) is 13.8. The lowest BCUT2D eigenvalue weighted by Gasteiger charge is -2.46. The van der Waals surface area contributed by atoms with E-state index in [0.717, 1.165) is 13.1 Å². The second-order valence-electron chi connectivity index (χ2n) is 6.55. The van der Waals surface area contributed by atoms with E-state index in [1.165, 1.54) is 51.6 Å². The van der Waals surface area contributed by atoms with E-state index < -0.39 is 0 Å². The second-order valence-corrected chi connectivity index (χ2v) is 6.55. The van der Waals surface area contributed by atoms with Gasteiger partial charge < -0.3 is 5.32 Å². The van der Waals surface area contributed by atoms with Gasteiger partial charge in [0.2, 0.25) is 0 Å². The van der Waals surface area contributed by atoms with Crippen LogP contribution in [0.1, 0.15) is 45.4 Å². The molecule has 0 bridgehead atoms. The van der Waals surface area contributed by atoms with E-state index in [4.69, 9.17) is 0 Å². The molecule has 0 radical (unpaired) electrons. The number of piperazine rings is 1. The molecule has 1 saturated carbocycles. The molecule has 1 aromatic heterocycles. The van der Waals surface area contributed by atoms with Crippen molar-refractivity contribution < 1.29 is 0 Å². The van der Waals surface area contributed by atoms with Crippen molar-refractivity contribution in [1.82, 2.24) is 20.0 Å². The number of rotatable bonds is 5. The van der Waals surface area contributed by atoms with Crippen molar-refractivity contribution in [3.8, 4) is 0 Å². The van der Waals surface area contributed by atoms with E-state index in [9.17, 15) is 0 Å². The molecular formula is C16H28N4. The van der Waals surface area contributed by atoms with Gasteiger partial charge in [-0.3, -0.25) is 9.58 Å². The monoisotopic (exact) mass is 276 g/mol. The summed E-state index contributed by atoms with van der Waals surface area (Å²) < 4.78 is 2.06. The second kappa shape index (κ2) is 6.27. The normalized spacial score (nSPS) is 26.4. The summed E-state index contributed by atoms with van der Waals surface area (Å²) in [6.45, 7) is 6.86. The van der Waals surface area contributed by atoms with Gasteiger partial charge in [0.15, 0.2) is 0 Å². The van der Waals surface area contributed by atoms with E-state index in [2.05, 4.69) is 33.1 Å². The summed E-state index contributed by atoms with van der Waals surface area (Å²) in [7, 11) is 0. The highest BCUT2D eigenvalue weighted by molar-refractivity contribution is 5.00. The maximum Gasteiger partial charge on any atom is 0.0536 e. The molecule has 2 aliphatic rings. The molecule has 0 amide bonds. The molecule has 20 heavy (non-hydrogen) atoms. The Bertz CT molecular complexity index is 395. The minimum atomic E-state index is 0.425. The van der Waals surface area contributed by atoms with Crippen molar-refractivity contribution >= 4 is 0 Å². The van der Waals surface area contributed by atoms with Gasteiger partial charge in [0, 0.05) is 43.6 Å². The smallest absolute Gasteiger partial charge is 0.0536 e. The zero-order valence-electron chi connectivity index (χ0n) is 12.7. The highest BCUT2D eigenvalue weighted by atomic mass is 15.3. The van der Waals surface area contributed by atoms with E-state index >= 15 is 0 Å². The highest BCUT2D eigenvalue weighted by Crippen LogP contribution is 2.33. The minimum absolute atomic E-state index is 0.425. The van der Waals surface area contributed by atoms with Crippen LogP contribution in [0.15, 0.2) is 18.5 Å². The van der Waals surface area contributed by atoms with Crippen LogP contribution in [-0.2, 0) is 6.54 Å². The van der Waals surface area contributed by atoms with Crippen LogP contribution in [-0.4, -0.2) is 45.9 Å². The molecule has 1 saturated heterocycles. The van der Waals surface area contributed by atoms with Crippen LogP contribution >= 0.6 is 0 Å². The lowest BCUT2D eigenvalue weighted by Crippen LogP contribution is -2.63. The van der Waals surface area contributed by atoms with E-state index in [1.807, 2.05) is 12.3 Å². The summed E-state index contributed by atoms with van der Waals surface area (Å²) in [5.41, 5.74) is 0.425. The Kier molecular flexibility index (Phi) is 4.41. The average molecular weight is 276 g/mol. The molecular weight excluding hydrogens is 248 g/mol. The molecule has 112 valence electrons. The van der Waals surface area contributed by atoms with Gasteiger partial charge in [-0.05, 0) is 25.3 Å². The Morgan fingerprint density at radius 3 is 2.85 bits per heavy atom. The summed E-state index contributed by atoms with van der Waals surface area (Å²) in [4.78, 5) is 2.73. The number of nitrogens with one attached hydrogen (secondary N) is 1. The predicted molar refractivity (Wildman–Crippen MR) is 81.7 cm³/mol. The van der Waals surface area contributed by atoms with Crippen molar-refractivity contribution in [2.24, 2.45) is 0 Å². The SMILES string of the molecule is CCCC1CNC2(CCCC2)CN1CCn1cccn1. The number of hydrogen-bond donors (Lipinski definition) is 1. The van der Waals surface area contributed by atoms with Crippen molar-refractivity contribution in [2.75, 3.05) is 19.6 Å². The number of nitrogens with zero attached hydrogens (tertiary/aromatic N) is 3. The Labute approximate surface area is 122 Å². The van der Waals surface area contributed by atoms with Crippen LogP contribution in [0.3, 0.4) is 0 Å². The van der Waals surface area contributed by atoms with Crippen molar-refractivity contribution in [2.45, 2.75) is 63.6 Å². The Hall–Kier alpha value is -0.870. The molecule has 3 rings (SSSR count). The standard InChI is InChI=1S/C16H28N4/c1-2-6-15-13-17-16(7-3-4-8-16)14-19(15)11-12-20-10-5-9-18-20/h5,9-10,15,17H,2-4,6-8,11-14H2,1H3. The average Bonchev–Trinajstić information content (AvgIpc) is 3.12. The van der Waals surface area contributed by atoms with Gasteiger partial charge in [-0.1, -0.05) is 26.2 Å². The minimum Gasteiger partial charge on any atom is -0.308 e. The van der Waals surface area contributed by atoms with E-state index in [0.29, 0.717) is 11.6 Å². The molecule has 0 aromatic carbocycles. The fraction of sp³-hybridized carbons (Fsp3) is 0.812. The van der Waals surface area contributed by atoms with Gasteiger partial charge in [0.1, 0.15) is 0 Å². The number of aromatic nitrogens is 2. The largest absolute Gasteiger partial charge is 0.308 e. The molecule has 1 aliphatic heterocycles. The Morgan fingerprint density at radius 2 is 2.15 bits per heavy atom. The van der Waals surface area contributed by atoms with Crippen molar-refractivity contribution in [3.63, 3.8) is 0 Å². The zero-order valence-corrected chi connectivity index (χ0v) is 12.7. The molecule has 1 aliphatic carbocycles. The van der Waals surface area contributed by atoms with Gasteiger partial charge in [0.05, 0.1) is 6.54 Å². The Balaban J connectivity index is 1.62. The Morgan fingerprint density at radius 1 is 1.30 bits per heavy atom.